The minimum atomic E-state index is -0.460. The molecule has 0 radical (unpaired) electrons. The minimum absolute atomic E-state index is 0.286. The first-order valence-electron chi connectivity index (χ1n) is 10.2. The molecule has 6 heteroatoms. The number of aryl methyl sites for hydroxylation is 2. The van der Waals surface area contributed by atoms with E-state index in [9.17, 15) is 4.79 Å². The first-order valence-corrected chi connectivity index (χ1v) is 10.2. The zero-order valence-corrected chi connectivity index (χ0v) is 17.0. The van der Waals surface area contributed by atoms with E-state index in [1.54, 1.807) is 5.06 Å². The molecule has 2 aliphatic rings. The molecule has 2 aromatic rings. The molecule has 2 aromatic carbocycles. The zero-order valence-electron chi connectivity index (χ0n) is 17.0. The maximum Gasteiger partial charge on any atom is 0.430 e. The molecule has 0 atom stereocenters. The van der Waals surface area contributed by atoms with Crippen molar-refractivity contribution in [3.05, 3.63) is 65.2 Å². The molecule has 1 saturated heterocycles. The average molecular weight is 393 g/mol. The van der Waals surface area contributed by atoms with E-state index in [4.69, 9.17) is 9.68 Å². The summed E-state index contributed by atoms with van der Waals surface area (Å²) in [6.45, 7) is 5.41. The lowest BCUT2D eigenvalue weighted by Gasteiger charge is -2.35. The summed E-state index contributed by atoms with van der Waals surface area (Å²) in [4.78, 5) is 23.6. The smallest absolute Gasteiger partial charge is 0.388 e. The van der Waals surface area contributed by atoms with Crippen LogP contribution in [0.2, 0.25) is 0 Å². The van der Waals surface area contributed by atoms with E-state index < -0.39 is 6.09 Å². The molecule has 1 fully saturated rings. The van der Waals surface area contributed by atoms with Crippen molar-refractivity contribution >= 4 is 17.5 Å². The summed E-state index contributed by atoms with van der Waals surface area (Å²) >= 11 is 0. The van der Waals surface area contributed by atoms with Gasteiger partial charge < -0.3 is 9.68 Å². The number of piperidine rings is 1. The Morgan fingerprint density at radius 1 is 1.21 bits per heavy atom. The van der Waals surface area contributed by atoms with Crippen LogP contribution in [-0.2, 0) is 16.1 Å². The number of benzene rings is 2. The summed E-state index contributed by atoms with van der Waals surface area (Å²) in [7, 11) is 0. The standard InChI is InChI=1S/C23H27N3O3/c1-3-18-5-4-6-20(15-18)24-22(27)28-26-13-11-23(12-14-26)16-21(25-29-23)19-9-7-17(2)8-10-19/h4-10,15H,3,11-14,16H2,1-2H3,(H,24,27). The maximum absolute atomic E-state index is 12.2. The second kappa shape index (κ2) is 8.25. The van der Waals surface area contributed by atoms with Crippen molar-refractivity contribution in [3.8, 4) is 0 Å². The van der Waals surface area contributed by atoms with Crippen LogP contribution in [0, 0.1) is 6.92 Å². The lowest BCUT2D eigenvalue weighted by Crippen LogP contribution is -2.45. The SMILES string of the molecule is CCc1cccc(NC(=O)ON2CCC3(CC2)CC(c2ccc(C)cc2)=NO3)c1. The summed E-state index contributed by atoms with van der Waals surface area (Å²) < 4.78 is 0. The van der Waals surface area contributed by atoms with Gasteiger partial charge in [0.05, 0.1) is 5.71 Å². The molecule has 0 saturated carbocycles. The summed E-state index contributed by atoms with van der Waals surface area (Å²) in [6.07, 6.45) is 2.79. The lowest BCUT2D eigenvalue weighted by molar-refractivity contribution is -0.154. The van der Waals surface area contributed by atoms with Crippen LogP contribution < -0.4 is 5.32 Å². The summed E-state index contributed by atoms with van der Waals surface area (Å²) in [5.74, 6) is 0. The van der Waals surface area contributed by atoms with Gasteiger partial charge in [0.1, 0.15) is 5.60 Å². The largest absolute Gasteiger partial charge is 0.430 e. The number of carbonyl (C=O) groups is 1. The highest BCUT2D eigenvalue weighted by Gasteiger charge is 2.43. The average Bonchev–Trinajstić information content (AvgIpc) is 3.14. The highest BCUT2D eigenvalue weighted by atomic mass is 16.7. The number of rotatable bonds is 4. The second-order valence-corrected chi connectivity index (χ2v) is 7.84. The van der Waals surface area contributed by atoms with E-state index in [0.717, 1.165) is 42.6 Å². The van der Waals surface area contributed by atoms with Crippen molar-refractivity contribution in [3.63, 3.8) is 0 Å². The summed E-state index contributed by atoms with van der Waals surface area (Å²) in [5, 5.41) is 8.86. The molecule has 2 heterocycles. The topological polar surface area (TPSA) is 63.2 Å². The lowest BCUT2D eigenvalue weighted by atomic mass is 9.86. The number of anilines is 1. The number of hydrogen-bond donors (Lipinski definition) is 1. The van der Waals surface area contributed by atoms with Crippen LogP contribution in [-0.4, -0.2) is 35.6 Å². The van der Waals surface area contributed by atoms with Gasteiger partial charge in [-0.3, -0.25) is 5.32 Å². The molecule has 0 unspecified atom stereocenters. The van der Waals surface area contributed by atoms with E-state index >= 15 is 0 Å². The number of nitrogens with zero attached hydrogens (tertiary/aromatic N) is 2. The minimum Gasteiger partial charge on any atom is -0.388 e. The number of carbonyl (C=O) groups excluding carboxylic acids is 1. The summed E-state index contributed by atoms with van der Waals surface area (Å²) in [6, 6.07) is 16.2. The Labute approximate surface area is 171 Å². The Morgan fingerprint density at radius 2 is 1.97 bits per heavy atom. The Hall–Kier alpha value is -2.86. The van der Waals surface area contributed by atoms with Gasteiger partial charge in [-0.05, 0) is 36.6 Å². The van der Waals surface area contributed by atoms with Gasteiger partial charge in [0.15, 0.2) is 0 Å². The van der Waals surface area contributed by atoms with Crippen molar-refractivity contribution < 1.29 is 14.5 Å². The van der Waals surface area contributed by atoms with Crippen LogP contribution in [0.25, 0.3) is 0 Å². The molecule has 6 nitrogen and oxygen atoms in total. The molecule has 2 aliphatic heterocycles. The van der Waals surface area contributed by atoms with Gasteiger partial charge in [-0.25, -0.2) is 4.79 Å². The normalized spacial score (nSPS) is 18.2. The third-order valence-electron chi connectivity index (χ3n) is 5.65. The molecule has 0 bridgehead atoms. The van der Waals surface area contributed by atoms with Crippen molar-refractivity contribution in [2.75, 3.05) is 18.4 Å². The van der Waals surface area contributed by atoms with Gasteiger partial charge in [0, 0.05) is 38.0 Å². The predicted octanol–water partition coefficient (Wildman–Crippen LogP) is 4.68. The van der Waals surface area contributed by atoms with Crippen LogP contribution in [0.1, 0.15) is 42.9 Å². The molecule has 0 aliphatic carbocycles. The second-order valence-electron chi connectivity index (χ2n) is 7.84. The molecular weight excluding hydrogens is 366 g/mol. The fourth-order valence-corrected chi connectivity index (χ4v) is 3.80. The first-order chi connectivity index (χ1) is 14.0. The fourth-order valence-electron chi connectivity index (χ4n) is 3.80. The van der Waals surface area contributed by atoms with Crippen molar-refractivity contribution in [1.82, 2.24) is 5.06 Å². The van der Waals surface area contributed by atoms with Gasteiger partial charge in [0.2, 0.25) is 0 Å². The van der Waals surface area contributed by atoms with E-state index in [2.05, 4.69) is 48.6 Å². The van der Waals surface area contributed by atoms with Crippen molar-refractivity contribution in [2.45, 2.75) is 45.1 Å². The third kappa shape index (κ3) is 4.59. The van der Waals surface area contributed by atoms with Gasteiger partial charge >= 0.3 is 6.09 Å². The third-order valence-corrected chi connectivity index (χ3v) is 5.65. The van der Waals surface area contributed by atoms with Gasteiger partial charge in [0.25, 0.3) is 0 Å². The predicted molar refractivity (Wildman–Crippen MR) is 113 cm³/mol. The zero-order chi connectivity index (χ0) is 20.3. The first kappa shape index (κ1) is 19.5. The van der Waals surface area contributed by atoms with E-state index in [0.29, 0.717) is 13.1 Å². The molecule has 1 amide bonds. The van der Waals surface area contributed by atoms with Crippen LogP contribution in [0.5, 0.6) is 0 Å². The van der Waals surface area contributed by atoms with Crippen LogP contribution >= 0.6 is 0 Å². The number of oxime groups is 1. The van der Waals surface area contributed by atoms with E-state index in [1.165, 1.54) is 11.1 Å². The fraction of sp³-hybridized carbons (Fsp3) is 0.391. The Balaban J connectivity index is 1.27. The molecule has 1 spiro atoms. The highest BCUT2D eigenvalue weighted by Crippen LogP contribution is 2.36. The molecular formula is C23H27N3O3. The Kier molecular flexibility index (Phi) is 5.53. The van der Waals surface area contributed by atoms with Crippen LogP contribution in [0.15, 0.2) is 53.7 Å². The van der Waals surface area contributed by atoms with Crippen LogP contribution in [0.4, 0.5) is 10.5 Å². The van der Waals surface area contributed by atoms with Gasteiger partial charge in [-0.2, -0.15) is 0 Å². The Bertz CT molecular complexity index is 900. The Morgan fingerprint density at radius 3 is 2.69 bits per heavy atom. The van der Waals surface area contributed by atoms with E-state index in [-0.39, 0.29) is 5.60 Å². The van der Waals surface area contributed by atoms with Gasteiger partial charge in [-0.15, -0.1) is 5.06 Å². The molecule has 0 aromatic heterocycles. The number of hydroxylamine groups is 2. The number of nitrogens with one attached hydrogen (secondary N) is 1. The van der Waals surface area contributed by atoms with E-state index in [1.807, 2.05) is 24.3 Å². The molecule has 1 N–H and O–H groups in total. The molecule has 152 valence electrons. The number of amides is 1. The molecule has 29 heavy (non-hydrogen) atoms. The summed E-state index contributed by atoms with van der Waals surface area (Å²) in [5.41, 5.74) is 4.97. The van der Waals surface area contributed by atoms with Crippen molar-refractivity contribution in [1.29, 1.82) is 0 Å². The molecule has 4 rings (SSSR count). The quantitative estimate of drug-likeness (QED) is 0.819. The van der Waals surface area contributed by atoms with Gasteiger partial charge in [-0.1, -0.05) is 54.0 Å². The van der Waals surface area contributed by atoms with Crippen molar-refractivity contribution in [2.24, 2.45) is 5.16 Å². The number of hydrogen-bond acceptors (Lipinski definition) is 5. The highest BCUT2D eigenvalue weighted by molar-refractivity contribution is 6.01. The monoisotopic (exact) mass is 393 g/mol. The maximum atomic E-state index is 12.2. The van der Waals surface area contributed by atoms with Crippen LogP contribution in [0.3, 0.4) is 0 Å².